The third-order valence-corrected chi connectivity index (χ3v) is 4.48. The van der Waals surface area contributed by atoms with Gasteiger partial charge in [-0.25, -0.2) is 26.0 Å². The zero-order valence-electron chi connectivity index (χ0n) is 9.33. The van der Waals surface area contributed by atoms with Crippen molar-refractivity contribution in [3.05, 3.63) is 29.3 Å². The topological polar surface area (TPSA) is 66.4 Å². The van der Waals surface area contributed by atoms with Gasteiger partial charge < -0.3 is 10.4 Å². The molecular weight excluding hydrogens is 290 g/mol. The molecule has 0 aromatic heterocycles. The molecule has 19 heavy (non-hydrogen) atoms. The minimum atomic E-state index is -3.56. The van der Waals surface area contributed by atoms with E-state index in [0.717, 1.165) is 0 Å². The Morgan fingerprint density at radius 2 is 1.63 bits per heavy atom. The Balaban J connectivity index is 2.35. The fourth-order valence-corrected chi connectivity index (χ4v) is 3.59. The van der Waals surface area contributed by atoms with Crippen molar-refractivity contribution < 1.29 is 31.1 Å². The van der Waals surface area contributed by atoms with Crippen molar-refractivity contribution in [1.29, 1.82) is 0 Å². The van der Waals surface area contributed by atoms with Crippen LogP contribution >= 0.6 is 0 Å². The van der Waals surface area contributed by atoms with Gasteiger partial charge in [0.1, 0.15) is 5.69 Å². The van der Waals surface area contributed by atoms with Crippen LogP contribution in [0, 0.1) is 23.3 Å². The smallest absolute Gasteiger partial charge is 0.185 e. The summed E-state index contributed by atoms with van der Waals surface area (Å²) in [6, 6.07) is -1.19. The monoisotopic (exact) mass is 299 g/mol. The molecule has 2 N–H and O–H groups in total. The zero-order chi connectivity index (χ0) is 14.4. The summed E-state index contributed by atoms with van der Waals surface area (Å²) >= 11 is 0. The zero-order valence-corrected chi connectivity index (χ0v) is 10.1. The molecule has 1 heterocycles. The van der Waals surface area contributed by atoms with E-state index in [2.05, 4.69) is 0 Å². The van der Waals surface area contributed by atoms with Gasteiger partial charge in [0.05, 0.1) is 23.7 Å². The first kappa shape index (κ1) is 14.1. The number of aliphatic hydroxyl groups is 1. The average molecular weight is 299 g/mol. The van der Waals surface area contributed by atoms with Crippen LogP contribution in [0.25, 0.3) is 0 Å². The van der Waals surface area contributed by atoms with Crippen molar-refractivity contribution in [3.63, 3.8) is 0 Å². The fraction of sp³-hybridized carbons (Fsp3) is 0.400. The van der Waals surface area contributed by atoms with Crippen LogP contribution in [0.2, 0.25) is 0 Å². The summed E-state index contributed by atoms with van der Waals surface area (Å²) < 4.78 is 75.0. The molecule has 2 rings (SSSR count). The first-order valence-corrected chi connectivity index (χ1v) is 7.01. The van der Waals surface area contributed by atoms with E-state index in [1.54, 1.807) is 0 Å². The number of sulfone groups is 1. The number of hydrogen-bond acceptors (Lipinski definition) is 4. The van der Waals surface area contributed by atoms with E-state index in [4.69, 9.17) is 0 Å². The van der Waals surface area contributed by atoms with Gasteiger partial charge in [0.2, 0.25) is 0 Å². The van der Waals surface area contributed by atoms with Crippen LogP contribution in [0.4, 0.5) is 23.2 Å². The third kappa shape index (κ3) is 2.66. The molecule has 1 fully saturated rings. The number of rotatable bonds is 2. The Labute approximate surface area is 106 Å². The lowest BCUT2D eigenvalue weighted by Gasteiger charge is -2.17. The van der Waals surface area contributed by atoms with E-state index < -0.39 is 62.4 Å². The normalized spacial score (nSPS) is 25.5. The lowest BCUT2D eigenvalue weighted by atomic mass is 10.2. The van der Waals surface area contributed by atoms with Gasteiger partial charge in [0.25, 0.3) is 0 Å². The van der Waals surface area contributed by atoms with Gasteiger partial charge in [0, 0.05) is 6.07 Å². The number of halogens is 4. The maximum absolute atomic E-state index is 13.3. The van der Waals surface area contributed by atoms with Crippen LogP contribution in [0.15, 0.2) is 6.07 Å². The number of nitrogens with one attached hydrogen (secondary N) is 1. The van der Waals surface area contributed by atoms with Gasteiger partial charge in [-0.3, -0.25) is 0 Å². The number of hydrogen-bond donors (Lipinski definition) is 2. The van der Waals surface area contributed by atoms with Gasteiger partial charge in [-0.15, -0.1) is 0 Å². The highest BCUT2D eigenvalue weighted by Gasteiger charge is 2.37. The molecule has 0 aliphatic carbocycles. The molecule has 0 saturated carbocycles. The Kier molecular flexibility index (Phi) is 3.43. The second-order valence-corrected chi connectivity index (χ2v) is 6.39. The quantitative estimate of drug-likeness (QED) is 0.626. The van der Waals surface area contributed by atoms with Crippen molar-refractivity contribution in [2.24, 2.45) is 0 Å². The van der Waals surface area contributed by atoms with Crippen LogP contribution in [-0.4, -0.2) is 37.2 Å². The molecule has 1 saturated heterocycles. The van der Waals surface area contributed by atoms with E-state index in [0.29, 0.717) is 0 Å². The summed E-state index contributed by atoms with van der Waals surface area (Å²) in [7, 11) is -3.56. The first-order chi connectivity index (χ1) is 8.71. The SMILES string of the molecule is O=S1(=O)CC(O)C(Nc2c(F)c(F)cc(F)c2F)C1. The van der Waals surface area contributed by atoms with Crippen molar-refractivity contribution in [2.75, 3.05) is 16.8 Å². The molecular formula is C10H9F4NO3S. The second-order valence-electron chi connectivity index (χ2n) is 4.24. The van der Waals surface area contributed by atoms with Crippen molar-refractivity contribution >= 4 is 15.5 Å². The van der Waals surface area contributed by atoms with Crippen molar-refractivity contribution in [3.8, 4) is 0 Å². The van der Waals surface area contributed by atoms with Crippen LogP contribution in [0.3, 0.4) is 0 Å². The van der Waals surface area contributed by atoms with Gasteiger partial charge in [-0.2, -0.15) is 0 Å². The molecule has 0 bridgehead atoms. The number of anilines is 1. The molecule has 4 nitrogen and oxygen atoms in total. The van der Waals surface area contributed by atoms with Gasteiger partial charge in [-0.1, -0.05) is 0 Å². The molecule has 2 unspecified atom stereocenters. The molecule has 1 aliphatic heterocycles. The standard InChI is InChI=1S/C10H9F4NO3S/c11-4-1-5(12)9(14)10(8(4)13)15-6-2-19(17,18)3-7(6)16/h1,6-7,15-16H,2-3H2. The largest absolute Gasteiger partial charge is 0.390 e. The maximum Gasteiger partial charge on any atom is 0.185 e. The lowest BCUT2D eigenvalue weighted by Crippen LogP contribution is -2.33. The van der Waals surface area contributed by atoms with E-state index in [1.807, 2.05) is 5.32 Å². The Morgan fingerprint density at radius 3 is 2.05 bits per heavy atom. The molecule has 0 spiro atoms. The molecule has 1 aromatic carbocycles. The molecule has 0 radical (unpaired) electrons. The summed E-state index contributed by atoms with van der Waals surface area (Å²) in [5.74, 6) is -7.73. The van der Waals surface area contributed by atoms with Gasteiger partial charge >= 0.3 is 0 Å². The van der Waals surface area contributed by atoms with Crippen molar-refractivity contribution in [2.45, 2.75) is 12.1 Å². The fourth-order valence-electron chi connectivity index (χ4n) is 1.85. The Morgan fingerprint density at radius 1 is 1.11 bits per heavy atom. The van der Waals surface area contributed by atoms with E-state index in [9.17, 15) is 31.1 Å². The summed E-state index contributed by atoms with van der Waals surface area (Å²) in [4.78, 5) is 0. The van der Waals surface area contributed by atoms with Crippen LogP contribution in [-0.2, 0) is 9.84 Å². The average Bonchev–Trinajstić information content (AvgIpc) is 2.55. The van der Waals surface area contributed by atoms with E-state index >= 15 is 0 Å². The van der Waals surface area contributed by atoms with Crippen LogP contribution < -0.4 is 5.32 Å². The molecule has 1 aromatic rings. The summed E-state index contributed by atoms with van der Waals surface area (Å²) in [5, 5.41) is 11.4. The highest BCUT2D eigenvalue weighted by Crippen LogP contribution is 2.27. The molecule has 9 heteroatoms. The molecule has 1 aliphatic rings. The predicted molar refractivity (Wildman–Crippen MR) is 58.3 cm³/mol. The number of benzene rings is 1. The molecule has 0 amide bonds. The first-order valence-electron chi connectivity index (χ1n) is 5.19. The minimum absolute atomic E-state index is 0.0394. The van der Waals surface area contributed by atoms with E-state index in [-0.39, 0.29) is 6.07 Å². The maximum atomic E-state index is 13.3. The van der Waals surface area contributed by atoms with Crippen LogP contribution in [0.1, 0.15) is 0 Å². The molecule has 106 valence electrons. The molecule has 2 atom stereocenters. The Bertz CT molecular complexity index is 593. The van der Waals surface area contributed by atoms with Gasteiger partial charge in [0.15, 0.2) is 33.1 Å². The summed E-state index contributed by atoms with van der Waals surface area (Å²) in [6.07, 6.45) is -1.41. The van der Waals surface area contributed by atoms with Gasteiger partial charge in [-0.05, 0) is 0 Å². The van der Waals surface area contributed by atoms with E-state index in [1.165, 1.54) is 0 Å². The third-order valence-electron chi connectivity index (χ3n) is 2.76. The summed E-state index contributed by atoms with van der Waals surface area (Å²) in [5.41, 5.74) is -1.13. The highest BCUT2D eigenvalue weighted by atomic mass is 32.2. The highest BCUT2D eigenvalue weighted by molar-refractivity contribution is 7.91. The van der Waals surface area contributed by atoms with Crippen LogP contribution in [0.5, 0.6) is 0 Å². The second kappa shape index (κ2) is 4.64. The predicted octanol–water partition coefficient (Wildman–Crippen LogP) is 0.813. The Hall–Kier alpha value is -1.35. The number of aliphatic hydroxyl groups excluding tert-OH is 1. The lowest BCUT2D eigenvalue weighted by molar-refractivity contribution is 0.189. The summed E-state index contributed by atoms with van der Waals surface area (Å²) in [6.45, 7) is 0. The van der Waals surface area contributed by atoms with Crippen molar-refractivity contribution in [1.82, 2.24) is 0 Å². The minimum Gasteiger partial charge on any atom is -0.390 e.